The van der Waals surface area contributed by atoms with Gasteiger partial charge in [0.2, 0.25) is 0 Å². The average molecular weight is 374 g/mol. The zero-order chi connectivity index (χ0) is 17.2. The average Bonchev–Trinajstić information content (AvgIpc) is 3.08. The Kier molecular flexibility index (Phi) is 8.67. The lowest BCUT2D eigenvalue weighted by Gasteiger charge is -2.13. The predicted molar refractivity (Wildman–Crippen MR) is 99.1 cm³/mol. The molecular formula is C17H25Cl2N3O2. The molecule has 0 radical (unpaired) electrons. The van der Waals surface area contributed by atoms with Gasteiger partial charge < -0.3 is 20.1 Å². The summed E-state index contributed by atoms with van der Waals surface area (Å²) in [6.07, 6.45) is 3.46. The second-order valence-corrected chi connectivity index (χ2v) is 6.50. The van der Waals surface area contributed by atoms with Gasteiger partial charge in [0.15, 0.2) is 5.96 Å². The molecule has 24 heavy (non-hydrogen) atoms. The Balaban J connectivity index is 1.58. The van der Waals surface area contributed by atoms with Crippen LogP contribution < -0.4 is 10.6 Å². The number of nitrogens with zero attached hydrogens (tertiary/aromatic N) is 1. The Hall–Kier alpha value is -1.01. The number of rotatable bonds is 8. The number of benzene rings is 1. The van der Waals surface area contributed by atoms with Crippen LogP contribution in [0, 0.1) is 0 Å². The first-order chi connectivity index (χ1) is 11.7. The van der Waals surface area contributed by atoms with E-state index in [1.807, 2.05) is 12.1 Å². The molecule has 2 N–H and O–H groups in total. The highest BCUT2D eigenvalue weighted by Gasteiger charge is 2.14. The molecule has 1 heterocycles. The van der Waals surface area contributed by atoms with Crippen molar-refractivity contribution in [1.82, 2.24) is 10.6 Å². The lowest BCUT2D eigenvalue weighted by Crippen LogP contribution is -2.37. The third kappa shape index (κ3) is 6.85. The van der Waals surface area contributed by atoms with Gasteiger partial charge in [-0.05, 0) is 37.0 Å². The Morgan fingerprint density at radius 1 is 1.38 bits per heavy atom. The molecule has 1 aromatic carbocycles. The summed E-state index contributed by atoms with van der Waals surface area (Å²) in [7, 11) is 1.74. The number of guanidine groups is 1. The van der Waals surface area contributed by atoms with Crippen molar-refractivity contribution in [2.75, 3.05) is 33.4 Å². The highest BCUT2D eigenvalue weighted by Crippen LogP contribution is 2.20. The minimum atomic E-state index is 0.288. The minimum Gasteiger partial charge on any atom is -0.379 e. The maximum Gasteiger partial charge on any atom is 0.191 e. The fourth-order valence-electron chi connectivity index (χ4n) is 2.44. The maximum atomic E-state index is 6.16. The molecule has 0 aromatic heterocycles. The maximum absolute atomic E-state index is 6.16. The van der Waals surface area contributed by atoms with Gasteiger partial charge in [-0.3, -0.25) is 4.99 Å². The zero-order valence-corrected chi connectivity index (χ0v) is 15.5. The summed E-state index contributed by atoms with van der Waals surface area (Å²) in [6.45, 7) is 3.66. The molecule has 7 heteroatoms. The Labute approximate surface area is 153 Å². The second kappa shape index (κ2) is 10.8. The van der Waals surface area contributed by atoms with Crippen molar-refractivity contribution < 1.29 is 9.47 Å². The van der Waals surface area contributed by atoms with E-state index in [4.69, 9.17) is 32.7 Å². The Morgan fingerprint density at radius 2 is 2.25 bits per heavy atom. The molecule has 0 amide bonds. The first-order valence-electron chi connectivity index (χ1n) is 8.27. The van der Waals surface area contributed by atoms with Gasteiger partial charge in [-0.2, -0.15) is 0 Å². The Bertz CT molecular complexity index is 535. The summed E-state index contributed by atoms with van der Waals surface area (Å²) in [5, 5.41) is 7.77. The van der Waals surface area contributed by atoms with Crippen LogP contribution in [0.1, 0.15) is 24.8 Å². The van der Waals surface area contributed by atoms with Crippen LogP contribution in [0.25, 0.3) is 0 Å². The van der Waals surface area contributed by atoms with Gasteiger partial charge in [0, 0.05) is 43.4 Å². The molecule has 1 aliphatic heterocycles. The standard InChI is InChI=1S/C17H25Cl2N3O2/c1-20-17(22-11-13-5-6-14(18)10-16(13)19)21-7-3-8-23-12-15-4-2-9-24-15/h5-6,10,15H,2-4,7-9,11-12H2,1H3,(H2,20,21,22). The molecule has 134 valence electrons. The van der Waals surface area contributed by atoms with E-state index in [-0.39, 0.29) is 6.10 Å². The van der Waals surface area contributed by atoms with Gasteiger partial charge in [-0.15, -0.1) is 0 Å². The van der Waals surface area contributed by atoms with E-state index >= 15 is 0 Å². The molecule has 2 rings (SSSR count). The highest BCUT2D eigenvalue weighted by atomic mass is 35.5. The first-order valence-corrected chi connectivity index (χ1v) is 9.02. The normalized spacial score (nSPS) is 18.0. The highest BCUT2D eigenvalue weighted by molar-refractivity contribution is 6.35. The van der Waals surface area contributed by atoms with E-state index in [9.17, 15) is 0 Å². The van der Waals surface area contributed by atoms with E-state index in [0.717, 1.165) is 43.9 Å². The third-order valence-electron chi connectivity index (χ3n) is 3.77. The van der Waals surface area contributed by atoms with E-state index in [0.29, 0.717) is 29.8 Å². The topological polar surface area (TPSA) is 54.9 Å². The van der Waals surface area contributed by atoms with E-state index in [2.05, 4.69) is 15.6 Å². The number of ether oxygens (including phenoxy) is 2. The van der Waals surface area contributed by atoms with Crippen molar-refractivity contribution in [1.29, 1.82) is 0 Å². The summed E-state index contributed by atoms with van der Waals surface area (Å²) in [4.78, 5) is 4.20. The molecule has 0 aliphatic carbocycles. The fourth-order valence-corrected chi connectivity index (χ4v) is 2.91. The lowest BCUT2D eigenvalue weighted by atomic mass is 10.2. The number of hydrogen-bond acceptors (Lipinski definition) is 3. The van der Waals surface area contributed by atoms with E-state index in [1.165, 1.54) is 0 Å². The molecular weight excluding hydrogens is 349 g/mol. The van der Waals surface area contributed by atoms with Crippen LogP contribution in [0.4, 0.5) is 0 Å². The molecule has 0 bridgehead atoms. The van der Waals surface area contributed by atoms with Crippen molar-refractivity contribution in [3.05, 3.63) is 33.8 Å². The minimum absolute atomic E-state index is 0.288. The molecule has 0 saturated carbocycles. The summed E-state index contributed by atoms with van der Waals surface area (Å²) >= 11 is 12.1. The van der Waals surface area contributed by atoms with E-state index < -0.39 is 0 Å². The van der Waals surface area contributed by atoms with Crippen molar-refractivity contribution in [3.63, 3.8) is 0 Å². The van der Waals surface area contributed by atoms with Gasteiger partial charge >= 0.3 is 0 Å². The van der Waals surface area contributed by atoms with Crippen LogP contribution in [-0.2, 0) is 16.0 Å². The summed E-state index contributed by atoms with van der Waals surface area (Å²) in [6, 6.07) is 5.47. The second-order valence-electron chi connectivity index (χ2n) is 5.65. The monoisotopic (exact) mass is 373 g/mol. The SMILES string of the molecule is CN=C(NCCCOCC1CCCO1)NCc1ccc(Cl)cc1Cl. The fraction of sp³-hybridized carbons (Fsp3) is 0.588. The molecule has 1 aliphatic rings. The van der Waals surface area contributed by atoms with Gasteiger partial charge in [-0.1, -0.05) is 29.3 Å². The molecule has 1 saturated heterocycles. The van der Waals surface area contributed by atoms with Gasteiger partial charge in [0.1, 0.15) is 0 Å². The smallest absolute Gasteiger partial charge is 0.191 e. The predicted octanol–water partition coefficient (Wildman–Crippen LogP) is 3.24. The van der Waals surface area contributed by atoms with Crippen molar-refractivity contribution >= 4 is 29.2 Å². The summed E-state index contributed by atoms with van der Waals surface area (Å²) in [5.74, 6) is 0.736. The summed E-state index contributed by atoms with van der Waals surface area (Å²) in [5.41, 5.74) is 0.976. The Morgan fingerprint density at radius 3 is 2.96 bits per heavy atom. The van der Waals surface area contributed by atoms with Gasteiger partial charge in [0.25, 0.3) is 0 Å². The molecule has 0 spiro atoms. The van der Waals surface area contributed by atoms with Gasteiger partial charge in [-0.25, -0.2) is 0 Å². The van der Waals surface area contributed by atoms with E-state index in [1.54, 1.807) is 13.1 Å². The number of aliphatic imine (C=N–C) groups is 1. The van der Waals surface area contributed by atoms with Crippen molar-refractivity contribution in [3.8, 4) is 0 Å². The largest absolute Gasteiger partial charge is 0.379 e. The van der Waals surface area contributed by atoms with Gasteiger partial charge in [0.05, 0.1) is 12.7 Å². The quantitative estimate of drug-likeness (QED) is 0.417. The van der Waals surface area contributed by atoms with Crippen LogP contribution >= 0.6 is 23.2 Å². The zero-order valence-electron chi connectivity index (χ0n) is 14.0. The number of nitrogens with one attached hydrogen (secondary N) is 2. The number of halogens is 2. The van der Waals surface area contributed by atoms with Crippen LogP contribution in [-0.4, -0.2) is 45.5 Å². The van der Waals surface area contributed by atoms with Crippen molar-refractivity contribution in [2.45, 2.75) is 31.9 Å². The van der Waals surface area contributed by atoms with Crippen LogP contribution in [0.5, 0.6) is 0 Å². The van der Waals surface area contributed by atoms with Crippen LogP contribution in [0.2, 0.25) is 10.0 Å². The van der Waals surface area contributed by atoms with Crippen LogP contribution in [0.15, 0.2) is 23.2 Å². The molecule has 1 aromatic rings. The van der Waals surface area contributed by atoms with Crippen LogP contribution in [0.3, 0.4) is 0 Å². The first kappa shape index (κ1) is 19.3. The van der Waals surface area contributed by atoms with Crippen molar-refractivity contribution in [2.24, 2.45) is 4.99 Å². The molecule has 1 unspecified atom stereocenters. The molecule has 5 nitrogen and oxygen atoms in total. The molecule has 1 fully saturated rings. The molecule has 1 atom stereocenters. The third-order valence-corrected chi connectivity index (χ3v) is 4.36. The lowest BCUT2D eigenvalue weighted by molar-refractivity contribution is 0.0168. The number of hydrogen-bond donors (Lipinski definition) is 2. The summed E-state index contributed by atoms with van der Waals surface area (Å²) < 4.78 is 11.2.